The number of aryl methyl sites for hydroxylation is 1. The number of carbonyl (C=O) groups excluding carboxylic acids is 1. The van der Waals surface area contributed by atoms with Gasteiger partial charge >= 0.3 is 0 Å². The average Bonchev–Trinajstić information content (AvgIpc) is 3.12. The summed E-state index contributed by atoms with van der Waals surface area (Å²) in [5.41, 5.74) is 3.47. The average molecular weight is 416 g/mol. The summed E-state index contributed by atoms with van der Waals surface area (Å²) in [6, 6.07) is 13.2. The molecule has 2 heterocycles. The minimum absolute atomic E-state index is 0.0801. The van der Waals surface area contributed by atoms with Gasteiger partial charge in [-0.25, -0.2) is 0 Å². The van der Waals surface area contributed by atoms with Gasteiger partial charge in [-0.15, -0.1) is 0 Å². The van der Waals surface area contributed by atoms with E-state index < -0.39 is 0 Å². The van der Waals surface area contributed by atoms with Gasteiger partial charge in [0.1, 0.15) is 5.75 Å². The predicted molar refractivity (Wildman–Crippen MR) is 109 cm³/mol. The Labute approximate surface area is 173 Å². The quantitative estimate of drug-likeness (QED) is 0.638. The second-order valence-electron chi connectivity index (χ2n) is 6.84. The fourth-order valence-corrected chi connectivity index (χ4v) is 3.99. The Bertz CT molecular complexity index is 1020. The van der Waals surface area contributed by atoms with Gasteiger partial charge < -0.3 is 9.64 Å². The summed E-state index contributed by atoms with van der Waals surface area (Å²) in [6.07, 6.45) is 3.86. The van der Waals surface area contributed by atoms with Gasteiger partial charge in [0.05, 0.1) is 11.2 Å². The third-order valence-corrected chi connectivity index (χ3v) is 5.45. The SMILES string of the molecule is Cn1cc(C2CN(C(=O)COc3ccc(Cl)cc3Cl)Cc3ccccc32)cn1. The normalized spacial score (nSPS) is 16.0. The molecule has 0 saturated heterocycles. The lowest BCUT2D eigenvalue weighted by molar-refractivity contribution is -0.134. The van der Waals surface area contributed by atoms with Crippen molar-refractivity contribution in [1.82, 2.24) is 14.7 Å². The predicted octanol–water partition coefficient (Wildman–Crippen LogP) is 4.28. The van der Waals surface area contributed by atoms with Crippen molar-refractivity contribution in [3.63, 3.8) is 0 Å². The zero-order chi connectivity index (χ0) is 19.7. The summed E-state index contributed by atoms with van der Waals surface area (Å²) in [6.45, 7) is 1.06. The lowest BCUT2D eigenvalue weighted by Gasteiger charge is -2.34. The molecule has 0 spiro atoms. The molecule has 1 aliphatic rings. The molecule has 1 atom stereocenters. The van der Waals surface area contributed by atoms with Gasteiger partial charge in [-0.05, 0) is 34.9 Å². The number of halogens is 2. The maximum atomic E-state index is 12.9. The molecule has 7 heteroatoms. The molecule has 28 heavy (non-hydrogen) atoms. The minimum atomic E-state index is -0.0885. The minimum Gasteiger partial charge on any atom is -0.482 e. The van der Waals surface area contributed by atoms with Crippen molar-refractivity contribution in [3.05, 3.63) is 81.6 Å². The van der Waals surface area contributed by atoms with Crippen LogP contribution in [0.1, 0.15) is 22.6 Å². The number of aromatic nitrogens is 2. The van der Waals surface area contributed by atoms with E-state index >= 15 is 0 Å². The molecule has 0 saturated carbocycles. The summed E-state index contributed by atoms with van der Waals surface area (Å²) in [7, 11) is 1.89. The summed E-state index contributed by atoms with van der Waals surface area (Å²) in [5.74, 6) is 0.441. The summed E-state index contributed by atoms with van der Waals surface area (Å²) in [4.78, 5) is 14.7. The van der Waals surface area contributed by atoms with E-state index in [4.69, 9.17) is 27.9 Å². The zero-order valence-electron chi connectivity index (χ0n) is 15.3. The third-order valence-electron chi connectivity index (χ3n) is 4.92. The van der Waals surface area contributed by atoms with Crippen molar-refractivity contribution in [1.29, 1.82) is 0 Å². The van der Waals surface area contributed by atoms with E-state index in [2.05, 4.69) is 17.2 Å². The number of benzene rings is 2. The van der Waals surface area contributed by atoms with Crippen LogP contribution in [0.25, 0.3) is 0 Å². The van der Waals surface area contributed by atoms with Crippen LogP contribution < -0.4 is 4.74 Å². The maximum Gasteiger partial charge on any atom is 0.260 e. The van der Waals surface area contributed by atoms with E-state index in [1.165, 1.54) is 5.56 Å². The highest BCUT2D eigenvalue weighted by Crippen LogP contribution is 2.33. The first kappa shape index (κ1) is 18.8. The van der Waals surface area contributed by atoms with Gasteiger partial charge in [0, 0.05) is 37.3 Å². The Morgan fingerprint density at radius 1 is 1.25 bits per heavy atom. The van der Waals surface area contributed by atoms with Crippen LogP contribution in [0.4, 0.5) is 0 Å². The van der Waals surface area contributed by atoms with Crippen LogP contribution >= 0.6 is 23.2 Å². The molecule has 1 aromatic heterocycles. The zero-order valence-corrected chi connectivity index (χ0v) is 16.8. The Balaban J connectivity index is 1.52. The fourth-order valence-electron chi connectivity index (χ4n) is 3.53. The molecular weight excluding hydrogens is 397 g/mol. The number of amides is 1. The van der Waals surface area contributed by atoms with Crippen LogP contribution in [0.5, 0.6) is 5.75 Å². The highest BCUT2D eigenvalue weighted by molar-refractivity contribution is 6.35. The van der Waals surface area contributed by atoms with Crippen LogP contribution in [0.3, 0.4) is 0 Å². The van der Waals surface area contributed by atoms with Crippen molar-refractivity contribution >= 4 is 29.1 Å². The molecule has 0 fully saturated rings. The number of hydrogen-bond acceptors (Lipinski definition) is 3. The number of ether oxygens (including phenoxy) is 1. The van der Waals surface area contributed by atoms with Crippen molar-refractivity contribution in [2.75, 3.05) is 13.2 Å². The van der Waals surface area contributed by atoms with Crippen LogP contribution in [0.15, 0.2) is 54.9 Å². The molecule has 1 unspecified atom stereocenters. The van der Waals surface area contributed by atoms with E-state index in [1.807, 2.05) is 36.5 Å². The van der Waals surface area contributed by atoms with Gasteiger partial charge in [0.15, 0.2) is 6.61 Å². The first-order chi connectivity index (χ1) is 13.5. The second-order valence-corrected chi connectivity index (χ2v) is 7.68. The standard InChI is InChI=1S/C21H19Cl2N3O2/c1-25-10-15(9-24-25)18-12-26(11-14-4-2-3-5-17(14)18)21(27)13-28-20-7-6-16(22)8-19(20)23/h2-10,18H,11-13H2,1H3. The first-order valence-corrected chi connectivity index (χ1v) is 9.69. The highest BCUT2D eigenvalue weighted by Gasteiger charge is 2.30. The number of nitrogens with zero attached hydrogens (tertiary/aromatic N) is 3. The topological polar surface area (TPSA) is 47.4 Å². The van der Waals surface area contributed by atoms with Gasteiger partial charge in [0.2, 0.25) is 0 Å². The summed E-state index contributed by atoms with van der Waals surface area (Å²) < 4.78 is 7.42. The molecule has 0 bridgehead atoms. The number of rotatable bonds is 4. The van der Waals surface area contributed by atoms with E-state index in [0.717, 1.165) is 11.1 Å². The van der Waals surface area contributed by atoms with Crippen molar-refractivity contribution < 1.29 is 9.53 Å². The number of fused-ring (bicyclic) bond motifs is 1. The highest BCUT2D eigenvalue weighted by atomic mass is 35.5. The molecule has 4 rings (SSSR count). The van der Waals surface area contributed by atoms with E-state index in [1.54, 1.807) is 22.9 Å². The maximum absolute atomic E-state index is 12.9. The summed E-state index contributed by atoms with van der Waals surface area (Å²) in [5, 5.41) is 5.20. The molecule has 0 radical (unpaired) electrons. The molecular formula is C21H19Cl2N3O2. The first-order valence-electron chi connectivity index (χ1n) is 8.93. The molecule has 3 aromatic rings. The van der Waals surface area contributed by atoms with Crippen LogP contribution in [0, 0.1) is 0 Å². The Hall–Kier alpha value is -2.50. The number of hydrogen-bond donors (Lipinski definition) is 0. The number of carbonyl (C=O) groups is 1. The fraction of sp³-hybridized carbons (Fsp3) is 0.238. The molecule has 2 aromatic carbocycles. The van der Waals surface area contributed by atoms with Gasteiger partial charge in [-0.3, -0.25) is 9.48 Å². The van der Waals surface area contributed by atoms with Crippen LogP contribution in [-0.4, -0.2) is 33.7 Å². The largest absolute Gasteiger partial charge is 0.482 e. The Morgan fingerprint density at radius 2 is 2.07 bits per heavy atom. The molecule has 1 amide bonds. The summed E-state index contributed by atoms with van der Waals surface area (Å²) >= 11 is 12.0. The van der Waals surface area contributed by atoms with Crippen molar-refractivity contribution in [3.8, 4) is 5.75 Å². The second kappa shape index (κ2) is 7.86. The monoisotopic (exact) mass is 415 g/mol. The molecule has 5 nitrogen and oxygen atoms in total. The molecule has 144 valence electrons. The Kier molecular flexibility index (Phi) is 5.29. The lowest BCUT2D eigenvalue weighted by atomic mass is 9.86. The molecule has 0 aliphatic carbocycles. The van der Waals surface area contributed by atoms with E-state index in [0.29, 0.717) is 28.9 Å². The third kappa shape index (κ3) is 3.86. The molecule has 0 N–H and O–H groups in total. The Morgan fingerprint density at radius 3 is 2.82 bits per heavy atom. The van der Waals surface area contributed by atoms with E-state index in [-0.39, 0.29) is 18.4 Å². The van der Waals surface area contributed by atoms with Gasteiger partial charge in [-0.2, -0.15) is 5.10 Å². The van der Waals surface area contributed by atoms with Crippen molar-refractivity contribution in [2.24, 2.45) is 7.05 Å². The molecule has 1 aliphatic heterocycles. The van der Waals surface area contributed by atoms with Crippen LogP contribution in [0.2, 0.25) is 10.0 Å². The smallest absolute Gasteiger partial charge is 0.260 e. The van der Waals surface area contributed by atoms with Crippen molar-refractivity contribution in [2.45, 2.75) is 12.5 Å². The lowest BCUT2D eigenvalue weighted by Crippen LogP contribution is -2.41. The van der Waals surface area contributed by atoms with Gasteiger partial charge in [-0.1, -0.05) is 47.5 Å². The van der Waals surface area contributed by atoms with Crippen LogP contribution in [-0.2, 0) is 18.4 Å². The van der Waals surface area contributed by atoms with Gasteiger partial charge in [0.25, 0.3) is 5.91 Å². The van der Waals surface area contributed by atoms with E-state index in [9.17, 15) is 4.79 Å².